The molecule has 2 heterocycles. The zero-order valence-corrected chi connectivity index (χ0v) is 73.6. The van der Waals surface area contributed by atoms with Crippen LogP contribution in [0.15, 0.2) is 218 Å². The smallest absolute Gasteiger partial charge is 0.247 e. The first-order valence-corrected chi connectivity index (χ1v) is 46.9. The lowest BCUT2D eigenvalue weighted by molar-refractivity contribution is 0.398. The zero-order valence-electron chi connectivity index (χ0n) is 73.6. The molecule has 0 saturated carbocycles. The van der Waals surface area contributed by atoms with E-state index in [4.69, 9.17) is 0 Å². The number of benzene rings is 12. The van der Waals surface area contributed by atoms with Gasteiger partial charge in [-0.15, -0.1) is 0 Å². The summed E-state index contributed by atoms with van der Waals surface area (Å²) in [6, 6.07) is 88.9. The van der Waals surface area contributed by atoms with E-state index in [-0.39, 0.29) is 28.4 Å². The van der Waals surface area contributed by atoms with Crippen LogP contribution in [0.2, 0.25) is 0 Å². The van der Waals surface area contributed by atoms with Crippen LogP contribution in [0.25, 0.3) is 117 Å². The molecule has 0 amide bonds. The van der Waals surface area contributed by atoms with Gasteiger partial charge in [-0.05, 0) is 270 Å². The van der Waals surface area contributed by atoms with Gasteiger partial charge < -0.3 is 4.57 Å². The summed E-state index contributed by atoms with van der Waals surface area (Å²) >= 11 is 0. The second kappa shape index (κ2) is 32.9. The van der Waals surface area contributed by atoms with E-state index in [0.29, 0.717) is 0 Å². The molecule has 0 N–H and O–H groups in total. The molecule has 2 heteroatoms. The summed E-state index contributed by atoms with van der Waals surface area (Å²) in [6.45, 7) is 28.7. The second-order valence-corrected chi connectivity index (χ2v) is 38.4. The number of rotatable bonds is 33. The van der Waals surface area contributed by atoms with Gasteiger partial charge in [-0.3, -0.25) is 0 Å². The van der Waals surface area contributed by atoms with E-state index in [1.165, 1.54) is 357 Å². The van der Waals surface area contributed by atoms with Crippen LogP contribution < -0.4 is 16.4 Å². The summed E-state index contributed by atoms with van der Waals surface area (Å²) < 4.78 is 2.64. The van der Waals surface area contributed by atoms with Gasteiger partial charge in [-0.2, -0.15) is 0 Å². The predicted molar refractivity (Wildman–Crippen MR) is 512 cm³/mol. The summed E-state index contributed by atoms with van der Waals surface area (Å²) in [7, 11) is 0. The zero-order chi connectivity index (χ0) is 81.2. The number of hydrogen-bond donors (Lipinski definition) is 0. The molecule has 5 aliphatic rings. The van der Waals surface area contributed by atoms with Gasteiger partial charge in [0.25, 0.3) is 0 Å². The summed E-state index contributed by atoms with van der Waals surface area (Å²) in [4.78, 5) is 0. The molecule has 0 unspecified atom stereocenters. The van der Waals surface area contributed by atoms with Gasteiger partial charge >= 0.3 is 0 Å². The normalized spacial score (nSPS) is 14.8. The highest BCUT2D eigenvalue weighted by Crippen LogP contribution is 2.60. The highest BCUT2D eigenvalue weighted by Gasteiger charge is 2.46. The van der Waals surface area contributed by atoms with E-state index in [0.717, 1.165) is 0 Å². The molecule has 0 spiro atoms. The van der Waals surface area contributed by atoms with Gasteiger partial charge in [0.2, 0.25) is 6.71 Å². The Bertz CT molecular complexity index is 5940. The van der Waals surface area contributed by atoms with Crippen molar-refractivity contribution in [2.24, 2.45) is 0 Å². The molecule has 18 rings (SSSR count). The van der Waals surface area contributed by atoms with Crippen LogP contribution in [0.4, 0.5) is 0 Å². The van der Waals surface area contributed by atoms with Crippen LogP contribution in [0.3, 0.4) is 0 Å². The molecule has 13 aromatic rings. The standard InChI is InChI=1S/C116H128BN/c1-13-17-21-25-29-39-61-115(62-40-30-26-22-18-14-2)99-45-35-33-43-87(99)89-55-50-83(72-105(89)115)81-52-57-91-95-66-78(6)93(75-103(95)113(9,10)101(91)70-81)85-54-60-110-97(68-85)98-69-86(74-109-112(98)118(110)111-48-38-37-47-108(111)117(109)107-59-49-77(5)65-80(107)8)94-76-104-96(67-79(94)7)92-58-53-82(71-102(92)114(104,11)12)84-51-56-90-88-44-34-36-46-100(88)116(106(90)73-84,63-41-31-27-23-19-15-3)64-42-32-28-24-20-16-4/h33-38,43-60,65-76H,13-32,39-42,61-64H2,1-12H3. The number of aryl methyl sites for hydroxylation is 4. The Morgan fingerprint density at radius 3 is 1.10 bits per heavy atom. The van der Waals surface area contributed by atoms with Crippen molar-refractivity contribution in [2.75, 3.05) is 0 Å². The Morgan fingerprint density at radius 1 is 0.254 bits per heavy atom. The lowest BCUT2D eigenvalue weighted by atomic mass is 9.34. The third-order valence-electron chi connectivity index (χ3n) is 30.1. The van der Waals surface area contributed by atoms with Crippen molar-refractivity contribution in [2.45, 2.75) is 285 Å². The van der Waals surface area contributed by atoms with Crippen molar-refractivity contribution in [3.8, 4) is 94.7 Å². The van der Waals surface area contributed by atoms with Crippen molar-refractivity contribution in [1.82, 2.24) is 4.57 Å². The van der Waals surface area contributed by atoms with Crippen molar-refractivity contribution in [3.05, 3.63) is 285 Å². The molecule has 1 nitrogen and oxygen atoms in total. The Balaban J connectivity index is 0.707. The maximum Gasteiger partial charge on any atom is 0.247 e. The molecule has 118 heavy (non-hydrogen) atoms. The fraction of sp³-hybridized carbons (Fsp3) is 0.379. The molecule has 1 aliphatic heterocycles. The van der Waals surface area contributed by atoms with Crippen LogP contribution in [0.5, 0.6) is 0 Å². The Kier molecular flexibility index (Phi) is 22.2. The van der Waals surface area contributed by atoms with E-state index in [9.17, 15) is 0 Å². The molecule has 600 valence electrons. The van der Waals surface area contributed by atoms with Crippen LogP contribution in [-0.4, -0.2) is 11.3 Å². The topological polar surface area (TPSA) is 4.93 Å². The van der Waals surface area contributed by atoms with Gasteiger partial charge in [-0.1, -0.05) is 384 Å². The van der Waals surface area contributed by atoms with Crippen LogP contribution in [-0.2, 0) is 21.7 Å². The monoisotopic (exact) mass is 1550 g/mol. The lowest BCUT2D eigenvalue weighted by Gasteiger charge is -2.33. The summed E-state index contributed by atoms with van der Waals surface area (Å²) in [5, 5.41) is 2.62. The fourth-order valence-corrected chi connectivity index (χ4v) is 23.7. The molecule has 0 bridgehead atoms. The van der Waals surface area contributed by atoms with Gasteiger partial charge in [-0.25, -0.2) is 0 Å². The maximum absolute atomic E-state index is 2.67. The van der Waals surface area contributed by atoms with Gasteiger partial charge in [0.1, 0.15) is 0 Å². The highest BCUT2D eigenvalue weighted by molar-refractivity contribution is 6.98. The van der Waals surface area contributed by atoms with Gasteiger partial charge in [0.15, 0.2) is 0 Å². The largest absolute Gasteiger partial charge is 0.310 e. The first-order chi connectivity index (χ1) is 57.5. The van der Waals surface area contributed by atoms with Crippen LogP contribution in [0.1, 0.15) is 302 Å². The summed E-state index contributed by atoms with van der Waals surface area (Å²) in [5.74, 6) is 0. The summed E-state index contributed by atoms with van der Waals surface area (Å²) in [6.07, 6.45) is 36.7. The highest BCUT2D eigenvalue weighted by atomic mass is 15.0. The Hall–Kier alpha value is -9.50. The first kappa shape index (κ1) is 79.6. The molecule has 0 radical (unpaired) electrons. The lowest BCUT2D eigenvalue weighted by Crippen LogP contribution is -2.56. The number of nitrogens with zero attached hydrogens (tertiary/aromatic N) is 1. The Labute approximate surface area is 709 Å². The van der Waals surface area contributed by atoms with E-state index >= 15 is 0 Å². The molecule has 4 aliphatic carbocycles. The minimum Gasteiger partial charge on any atom is -0.310 e. The quantitative estimate of drug-likeness (QED) is 0.0285. The minimum atomic E-state index is -0.242. The minimum absolute atomic E-state index is 0.0332. The SMILES string of the molecule is CCCCCCCCC1(CCCCCCCC)c2ccccc2-c2ccc(-c3ccc4c(c3)C(C)(C)c3cc(-c5ccc6c(c5)c5cc(-c7cc8c(cc7C)-c7ccc(-c9ccc%10c(c9)C(CCCCCCCC)(CCCCCCCC)c9ccccc9-%10)cc7C8(C)C)cc7c5n6-c5ccccc5B7c5ccc(C)cc5C)c(C)cc3-4)cc21. The third kappa shape index (κ3) is 13.8. The van der Waals surface area contributed by atoms with E-state index in [1.807, 2.05) is 0 Å². The number of unbranched alkanes of at least 4 members (excludes halogenated alkanes) is 20. The van der Waals surface area contributed by atoms with Crippen LogP contribution >= 0.6 is 0 Å². The molecule has 1 aromatic heterocycles. The number of para-hydroxylation sites is 1. The number of aromatic nitrogens is 1. The molecular weight excluding hydrogens is 1420 g/mol. The fourth-order valence-electron chi connectivity index (χ4n) is 23.7. The maximum atomic E-state index is 2.67. The molecular formula is C116H128BN. The van der Waals surface area contributed by atoms with E-state index in [1.54, 1.807) is 22.3 Å². The average molecular weight is 1550 g/mol. The summed E-state index contributed by atoms with van der Waals surface area (Å²) in [5.41, 5.74) is 46.8. The number of fused-ring (bicyclic) bond motifs is 17. The molecule has 0 atom stereocenters. The first-order valence-electron chi connectivity index (χ1n) is 46.9. The van der Waals surface area contributed by atoms with Crippen molar-refractivity contribution in [1.29, 1.82) is 0 Å². The molecule has 12 aromatic carbocycles. The third-order valence-corrected chi connectivity index (χ3v) is 30.1. The van der Waals surface area contributed by atoms with Gasteiger partial charge in [0.05, 0.1) is 5.52 Å². The Morgan fingerprint density at radius 2 is 0.636 bits per heavy atom. The average Bonchev–Trinajstić information content (AvgIpc) is 1.53. The van der Waals surface area contributed by atoms with Crippen molar-refractivity contribution < 1.29 is 0 Å². The predicted octanol–water partition coefficient (Wildman–Crippen LogP) is 31.7. The van der Waals surface area contributed by atoms with Crippen molar-refractivity contribution >= 4 is 44.9 Å². The van der Waals surface area contributed by atoms with E-state index < -0.39 is 0 Å². The van der Waals surface area contributed by atoms with Crippen LogP contribution in [0, 0.1) is 27.7 Å². The van der Waals surface area contributed by atoms with E-state index in [2.05, 4.69) is 306 Å². The molecule has 0 saturated heterocycles. The van der Waals surface area contributed by atoms with Crippen molar-refractivity contribution in [3.63, 3.8) is 0 Å². The number of hydrogen-bond acceptors (Lipinski definition) is 0. The molecule has 0 fully saturated rings. The van der Waals surface area contributed by atoms with Gasteiger partial charge in [0, 0.05) is 43.6 Å². The second-order valence-electron chi connectivity index (χ2n) is 38.4.